The van der Waals surface area contributed by atoms with E-state index in [1.54, 1.807) is 13.8 Å². The van der Waals surface area contributed by atoms with Crippen LogP contribution in [0, 0.1) is 13.8 Å². The lowest BCUT2D eigenvalue weighted by atomic mass is 10.1. The summed E-state index contributed by atoms with van der Waals surface area (Å²) in [5.74, 6) is -1.06. The number of aromatic hydroxyl groups is 1. The Hall–Kier alpha value is -1.55. The standard InChI is InChI=1S/C14H22N2O2/c1-5-16(6-2)9-13(18)15-14-10(3)7-12(17)8-11(14)4/h7-8,17H,5-6,9H2,1-4H3,(H,15,18)/i1D3,2D3,5D2,6D2. The Balaban J connectivity index is 3.30. The molecule has 0 aliphatic rings. The molecule has 0 unspecified atom stereocenters. The van der Waals surface area contributed by atoms with Gasteiger partial charge >= 0.3 is 0 Å². The Morgan fingerprint density at radius 3 is 2.44 bits per heavy atom. The van der Waals surface area contributed by atoms with Crippen LogP contribution in [0.1, 0.15) is 38.5 Å². The number of carbonyl (C=O) groups excluding carboxylic acids is 1. The van der Waals surface area contributed by atoms with Crippen molar-refractivity contribution in [3.63, 3.8) is 0 Å². The van der Waals surface area contributed by atoms with Crippen molar-refractivity contribution < 1.29 is 23.6 Å². The molecule has 0 fully saturated rings. The zero-order valence-corrected chi connectivity index (χ0v) is 10.2. The number of amides is 1. The zero-order valence-electron chi connectivity index (χ0n) is 20.2. The van der Waals surface area contributed by atoms with Crippen LogP contribution in [0.3, 0.4) is 0 Å². The van der Waals surface area contributed by atoms with E-state index >= 15 is 0 Å². The van der Waals surface area contributed by atoms with Crippen LogP contribution >= 0.6 is 0 Å². The van der Waals surface area contributed by atoms with Gasteiger partial charge in [0.15, 0.2) is 0 Å². The van der Waals surface area contributed by atoms with Gasteiger partial charge in [-0.3, -0.25) is 9.69 Å². The van der Waals surface area contributed by atoms with Crippen LogP contribution in [-0.4, -0.2) is 35.5 Å². The monoisotopic (exact) mass is 260 g/mol. The number of aryl methyl sites for hydroxylation is 2. The second-order valence-electron chi connectivity index (χ2n) is 3.81. The smallest absolute Gasteiger partial charge is 0.238 e. The lowest BCUT2D eigenvalue weighted by Gasteiger charge is -2.18. The Morgan fingerprint density at radius 1 is 1.39 bits per heavy atom. The number of likely N-dealkylation sites (N-methyl/N-ethyl adjacent to an activating group) is 1. The number of phenolic OH excluding ortho intramolecular Hbond substituents is 1. The molecule has 1 aromatic rings. The number of anilines is 1. The van der Waals surface area contributed by atoms with Gasteiger partial charge in [-0.1, -0.05) is 13.7 Å². The highest BCUT2D eigenvalue weighted by Crippen LogP contribution is 2.25. The quantitative estimate of drug-likeness (QED) is 0.799. The van der Waals surface area contributed by atoms with Crippen molar-refractivity contribution in [2.24, 2.45) is 0 Å². The molecule has 0 saturated heterocycles. The molecule has 2 N–H and O–H groups in total. The first-order valence-corrected chi connectivity index (χ1v) is 5.20. The van der Waals surface area contributed by atoms with Crippen molar-refractivity contribution in [3.05, 3.63) is 23.3 Å². The van der Waals surface area contributed by atoms with Gasteiger partial charge in [-0.15, -0.1) is 0 Å². The molecule has 100 valence electrons. The first kappa shape index (κ1) is 5.61. The van der Waals surface area contributed by atoms with Crippen molar-refractivity contribution in [1.82, 2.24) is 4.90 Å². The highest BCUT2D eigenvalue weighted by Gasteiger charge is 2.11. The van der Waals surface area contributed by atoms with E-state index < -0.39 is 39.1 Å². The van der Waals surface area contributed by atoms with Gasteiger partial charge in [-0.05, 0) is 50.1 Å². The van der Waals surface area contributed by atoms with Crippen LogP contribution in [0.4, 0.5) is 5.69 Å². The summed E-state index contributed by atoms with van der Waals surface area (Å²) >= 11 is 0. The molecule has 4 nitrogen and oxygen atoms in total. The van der Waals surface area contributed by atoms with Gasteiger partial charge in [0.1, 0.15) is 5.75 Å². The fraction of sp³-hybridized carbons (Fsp3) is 0.500. The van der Waals surface area contributed by atoms with E-state index in [2.05, 4.69) is 5.32 Å². The summed E-state index contributed by atoms with van der Waals surface area (Å²) in [5.41, 5.74) is 1.16. The van der Waals surface area contributed by atoms with Gasteiger partial charge in [-0.25, -0.2) is 0 Å². The van der Waals surface area contributed by atoms with Gasteiger partial charge in [-0.2, -0.15) is 0 Å². The van der Waals surface area contributed by atoms with E-state index in [-0.39, 0.29) is 16.3 Å². The molecule has 0 aliphatic carbocycles. The molecular formula is C14H22N2O2. The number of hydrogen-bond donors (Lipinski definition) is 2. The summed E-state index contributed by atoms with van der Waals surface area (Å²) in [6.45, 7) is -11.8. The van der Waals surface area contributed by atoms with E-state index in [1.807, 2.05) is 0 Å². The minimum atomic E-state index is -3.44. The molecule has 1 amide bonds. The molecule has 0 aliphatic heterocycles. The van der Waals surface area contributed by atoms with Crippen LogP contribution in [0.15, 0.2) is 12.1 Å². The molecule has 1 rings (SSSR count). The predicted octanol–water partition coefficient (Wildman–Crippen LogP) is 2.29. The highest BCUT2D eigenvalue weighted by molar-refractivity contribution is 5.93. The summed E-state index contributed by atoms with van der Waals surface area (Å²) in [5, 5.41) is 11.9. The Morgan fingerprint density at radius 2 is 1.94 bits per heavy atom. The van der Waals surface area contributed by atoms with Crippen LogP contribution < -0.4 is 5.32 Å². The average Bonchev–Trinajstić information content (AvgIpc) is 2.45. The first-order valence-electron chi connectivity index (χ1n) is 10.2. The molecular weight excluding hydrogens is 228 g/mol. The highest BCUT2D eigenvalue weighted by atomic mass is 16.3. The number of rotatable bonds is 5. The topological polar surface area (TPSA) is 52.6 Å². The summed E-state index contributed by atoms with van der Waals surface area (Å²) in [6.07, 6.45) is 0. The fourth-order valence-corrected chi connectivity index (χ4v) is 1.57. The molecule has 1 aromatic carbocycles. The van der Waals surface area contributed by atoms with Crippen molar-refractivity contribution in [2.45, 2.75) is 27.6 Å². The molecule has 4 heteroatoms. The normalized spacial score (nSPS) is 21.9. The summed E-state index contributed by atoms with van der Waals surface area (Å²) in [4.78, 5) is 12.3. The van der Waals surface area contributed by atoms with Crippen LogP contribution in [-0.2, 0) is 4.79 Å². The molecule has 18 heavy (non-hydrogen) atoms. The number of phenols is 1. The van der Waals surface area contributed by atoms with Crippen molar-refractivity contribution >= 4 is 11.6 Å². The van der Waals surface area contributed by atoms with Gasteiger partial charge in [0.25, 0.3) is 0 Å². The largest absolute Gasteiger partial charge is 0.508 e. The number of nitrogens with one attached hydrogen (secondary N) is 1. The van der Waals surface area contributed by atoms with Crippen molar-refractivity contribution in [3.8, 4) is 5.75 Å². The molecule has 0 atom stereocenters. The van der Waals surface area contributed by atoms with Crippen LogP contribution in [0.2, 0.25) is 0 Å². The van der Waals surface area contributed by atoms with E-state index in [0.717, 1.165) is 0 Å². The Kier molecular flexibility index (Phi) is 2.00. The lowest BCUT2D eigenvalue weighted by molar-refractivity contribution is -0.117. The maximum absolute atomic E-state index is 12.4. The second-order valence-corrected chi connectivity index (χ2v) is 3.81. The van der Waals surface area contributed by atoms with E-state index in [1.165, 1.54) is 12.1 Å². The SMILES string of the molecule is [2H]C([2H])([2H])C([2H])([2H])N(CC(=O)Nc1c(C)cc(O)cc1C)C([2H])([2H])C([2H])([2H])[2H]. The van der Waals surface area contributed by atoms with Crippen LogP contribution in [0.25, 0.3) is 0 Å². The molecule has 0 radical (unpaired) electrons. The molecule has 0 bridgehead atoms. The van der Waals surface area contributed by atoms with E-state index in [9.17, 15) is 9.90 Å². The summed E-state index contributed by atoms with van der Waals surface area (Å²) in [7, 11) is 0. The summed E-state index contributed by atoms with van der Waals surface area (Å²) in [6, 6.07) is 2.70. The van der Waals surface area contributed by atoms with Crippen molar-refractivity contribution in [2.75, 3.05) is 24.9 Å². The molecule has 0 heterocycles. The second kappa shape index (κ2) is 6.40. The number of carbonyl (C=O) groups is 1. The maximum Gasteiger partial charge on any atom is 0.238 e. The lowest BCUT2D eigenvalue weighted by Crippen LogP contribution is -2.33. The minimum absolute atomic E-state index is 0.0490. The minimum Gasteiger partial charge on any atom is -0.508 e. The van der Waals surface area contributed by atoms with E-state index in [4.69, 9.17) is 13.7 Å². The van der Waals surface area contributed by atoms with E-state index in [0.29, 0.717) is 11.1 Å². The average molecular weight is 260 g/mol. The van der Waals surface area contributed by atoms with Crippen molar-refractivity contribution in [1.29, 1.82) is 0 Å². The third kappa shape index (κ3) is 3.74. The molecule has 0 spiro atoms. The van der Waals surface area contributed by atoms with Gasteiger partial charge in [0, 0.05) is 19.4 Å². The Bertz CT molecular complexity index is 694. The van der Waals surface area contributed by atoms with Gasteiger partial charge in [0.05, 0.1) is 6.54 Å². The number of nitrogens with zero attached hydrogens (tertiary/aromatic N) is 1. The van der Waals surface area contributed by atoms with Crippen LogP contribution in [0.5, 0.6) is 5.75 Å². The predicted molar refractivity (Wildman–Crippen MR) is 74.0 cm³/mol. The number of hydrogen-bond acceptors (Lipinski definition) is 3. The fourth-order valence-electron chi connectivity index (χ4n) is 1.57. The third-order valence-corrected chi connectivity index (χ3v) is 2.35. The maximum atomic E-state index is 12.4. The third-order valence-electron chi connectivity index (χ3n) is 2.35. The molecule has 0 saturated carbocycles. The molecule has 0 aromatic heterocycles. The van der Waals surface area contributed by atoms with Gasteiger partial charge in [0.2, 0.25) is 5.91 Å². The number of benzene rings is 1. The summed E-state index contributed by atoms with van der Waals surface area (Å²) < 4.78 is 75.0. The Labute approximate surface area is 123 Å². The van der Waals surface area contributed by atoms with Gasteiger partial charge < -0.3 is 10.4 Å². The first-order chi connectivity index (χ1) is 12.3. The zero-order chi connectivity index (χ0) is 22.3.